The third kappa shape index (κ3) is 4.39. The second kappa shape index (κ2) is 9.01. The number of ether oxygens (including phenoxy) is 1. The Kier molecular flexibility index (Phi) is 6.18. The largest absolute Gasteiger partial charge is 0.497 e. The van der Waals surface area contributed by atoms with Crippen LogP contribution >= 0.6 is 0 Å². The smallest absolute Gasteiger partial charge is 0.173 e. The van der Waals surface area contributed by atoms with Crippen LogP contribution in [0.2, 0.25) is 0 Å². The molecule has 31 heavy (non-hydrogen) atoms. The lowest BCUT2D eigenvalue weighted by molar-refractivity contribution is 0.187. The van der Waals surface area contributed by atoms with Gasteiger partial charge in [0.05, 0.1) is 18.7 Å². The summed E-state index contributed by atoms with van der Waals surface area (Å²) in [7, 11) is 1.71. The van der Waals surface area contributed by atoms with E-state index in [-0.39, 0.29) is 11.6 Å². The molecule has 8 nitrogen and oxygen atoms in total. The van der Waals surface area contributed by atoms with Crippen LogP contribution in [0.4, 0.5) is 5.69 Å². The van der Waals surface area contributed by atoms with Gasteiger partial charge in [-0.2, -0.15) is 0 Å². The van der Waals surface area contributed by atoms with Crippen LogP contribution in [0, 0.1) is 0 Å². The third-order valence-electron chi connectivity index (χ3n) is 6.30. The summed E-state index contributed by atoms with van der Waals surface area (Å²) in [6, 6.07) is 12.4. The van der Waals surface area contributed by atoms with Gasteiger partial charge in [-0.1, -0.05) is 13.0 Å². The Morgan fingerprint density at radius 2 is 1.81 bits per heavy atom. The second-order valence-corrected chi connectivity index (χ2v) is 8.52. The first-order chi connectivity index (χ1) is 15.0. The molecule has 0 spiro atoms. The van der Waals surface area contributed by atoms with E-state index in [0.29, 0.717) is 0 Å². The van der Waals surface area contributed by atoms with Gasteiger partial charge >= 0.3 is 0 Å². The van der Waals surface area contributed by atoms with Gasteiger partial charge in [-0.05, 0) is 60.5 Å². The summed E-state index contributed by atoms with van der Waals surface area (Å²) in [5.74, 6) is 1.77. The van der Waals surface area contributed by atoms with Crippen molar-refractivity contribution >= 4 is 5.69 Å². The third-order valence-corrected chi connectivity index (χ3v) is 6.30. The van der Waals surface area contributed by atoms with Gasteiger partial charge < -0.3 is 9.64 Å². The minimum absolute atomic E-state index is 0.0173. The van der Waals surface area contributed by atoms with Crippen molar-refractivity contribution < 1.29 is 4.74 Å². The molecular formula is C23H31N7O. The molecule has 1 aliphatic rings. The molecule has 4 rings (SSSR count). The summed E-state index contributed by atoms with van der Waals surface area (Å²) in [6.07, 6.45) is 4.62. The lowest BCUT2D eigenvalue weighted by Crippen LogP contribution is -2.48. The van der Waals surface area contributed by atoms with Crippen LogP contribution in [0.1, 0.15) is 44.6 Å². The van der Waals surface area contributed by atoms with Crippen molar-refractivity contribution in [1.82, 2.24) is 30.1 Å². The van der Waals surface area contributed by atoms with Crippen molar-refractivity contribution in [2.45, 2.75) is 38.8 Å². The maximum Gasteiger partial charge on any atom is 0.173 e. The standard InChI is InChI=1S/C23H31N7O/c1-5-23(2,3)30-22(25-26-27-30)21(18-9-11-24-12-10-18)29-15-13-28(14-16-29)19-7-6-8-20(17-19)31-4/h6-12,17,21H,5,13-16H2,1-4H3/t21-/m0/s1. The maximum absolute atomic E-state index is 5.40. The van der Waals surface area contributed by atoms with Crippen LogP contribution < -0.4 is 9.64 Å². The number of anilines is 1. The number of nitrogens with zero attached hydrogens (tertiary/aromatic N) is 7. The number of hydrogen-bond donors (Lipinski definition) is 0. The molecule has 1 aliphatic heterocycles. The highest BCUT2D eigenvalue weighted by Gasteiger charge is 2.34. The SMILES string of the molecule is CCC(C)(C)n1nnnc1[C@H](c1ccncc1)N1CCN(c2cccc(OC)c2)CC1. The number of piperazine rings is 1. The van der Waals surface area contributed by atoms with Gasteiger partial charge in [-0.15, -0.1) is 5.10 Å². The summed E-state index contributed by atoms with van der Waals surface area (Å²) in [5, 5.41) is 12.9. The average Bonchev–Trinajstić information content (AvgIpc) is 3.31. The number of aromatic nitrogens is 5. The van der Waals surface area contributed by atoms with Gasteiger partial charge in [0, 0.05) is 50.3 Å². The van der Waals surface area contributed by atoms with Crippen molar-refractivity contribution in [3.8, 4) is 5.75 Å². The van der Waals surface area contributed by atoms with E-state index in [0.717, 1.165) is 49.7 Å². The van der Waals surface area contributed by atoms with E-state index in [4.69, 9.17) is 4.74 Å². The molecule has 2 aromatic heterocycles. The quantitative estimate of drug-likeness (QED) is 0.580. The van der Waals surface area contributed by atoms with E-state index in [1.807, 2.05) is 29.2 Å². The van der Waals surface area contributed by atoms with E-state index < -0.39 is 0 Å². The van der Waals surface area contributed by atoms with Crippen LogP contribution in [-0.2, 0) is 5.54 Å². The number of rotatable bonds is 7. The molecule has 164 valence electrons. The average molecular weight is 422 g/mol. The van der Waals surface area contributed by atoms with E-state index in [9.17, 15) is 0 Å². The summed E-state index contributed by atoms with van der Waals surface area (Å²) in [6.45, 7) is 10.2. The zero-order valence-corrected chi connectivity index (χ0v) is 18.8. The first-order valence-electron chi connectivity index (χ1n) is 10.8. The van der Waals surface area contributed by atoms with Crippen LogP contribution in [0.25, 0.3) is 0 Å². The fourth-order valence-electron chi connectivity index (χ4n) is 4.06. The van der Waals surface area contributed by atoms with Crippen molar-refractivity contribution in [1.29, 1.82) is 0 Å². The number of methoxy groups -OCH3 is 1. The van der Waals surface area contributed by atoms with Gasteiger partial charge in [0.1, 0.15) is 5.75 Å². The van der Waals surface area contributed by atoms with Crippen molar-refractivity contribution in [3.05, 3.63) is 60.2 Å². The highest BCUT2D eigenvalue weighted by molar-refractivity contribution is 5.51. The van der Waals surface area contributed by atoms with E-state index in [2.05, 4.69) is 75.3 Å². The molecule has 3 heterocycles. The molecule has 1 saturated heterocycles. The Hall–Kier alpha value is -3.00. The molecule has 0 amide bonds. The molecule has 3 aromatic rings. The van der Waals surface area contributed by atoms with Crippen molar-refractivity contribution in [2.24, 2.45) is 0 Å². The summed E-state index contributed by atoms with van der Waals surface area (Å²) < 4.78 is 7.39. The predicted molar refractivity (Wildman–Crippen MR) is 120 cm³/mol. The second-order valence-electron chi connectivity index (χ2n) is 8.52. The Balaban J connectivity index is 1.61. The highest BCUT2D eigenvalue weighted by atomic mass is 16.5. The molecule has 0 N–H and O–H groups in total. The fourth-order valence-corrected chi connectivity index (χ4v) is 4.06. The van der Waals surface area contributed by atoms with E-state index in [1.165, 1.54) is 5.69 Å². The Morgan fingerprint density at radius 3 is 2.48 bits per heavy atom. The molecule has 1 aromatic carbocycles. The first-order valence-corrected chi connectivity index (χ1v) is 10.8. The van der Waals surface area contributed by atoms with Gasteiger partial charge in [0.2, 0.25) is 0 Å². The molecule has 1 atom stereocenters. The molecule has 0 radical (unpaired) electrons. The van der Waals surface area contributed by atoms with Crippen LogP contribution in [0.5, 0.6) is 5.75 Å². The number of pyridine rings is 1. The Morgan fingerprint density at radius 1 is 1.06 bits per heavy atom. The molecule has 0 saturated carbocycles. The number of benzene rings is 1. The maximum atomic E-state index is 5.40. The Labute approximate surface area is 183 Å². The lowest BCUT2D eigenvalue weighted by atomic mass is 9.99. The van der Waals surface area contributed by atoms with Crippen LogP contribution in [0.3, 0.4) is 0 Å². The van der Waals surface area contributed by atoms with Crippen molar-refractivity contribution in [2.75, 3.05) is 38.2 Å². The summed E-state index contributed by atoms with van der Waals surface area (Å²) in [5.41, 5.74) is 2.19. The summed E-state index contributed by atoms with van der Waals surface area (Å²) >= 11 is 0. The van der Waals surface area contributed by atoms with Gasteiger partial charge in [-0.25, -0.2) is 4.68 Å². The molecule has 0 bridgehead atoms. The molecule has 8 heteroatoms. The Bertz CT molecular complexity index is 980. The number of hydrogen-bond acceptors (Lipinski definition) is 7. The highest BCUT2D eigenvalue weighted by Crippen LogP contribution is 2.32. The molecule has 0 aliphatic carbocycles. The van der Waals surface area contributed by atoms with E-state index >= 15 is 0 Å². The van der Waals surface area contributed by atoms with E-state index in [1.54, 1.807) is 7.11 Å². The van der Waals surface area contributed by atoms with Crippen LogP contribution in [0.15, 0.2) is 48.8 Å². The summed E-state index contributed by atoms with van der Waals surface area (Å²) in [4.78, 5) is 9.09. The minimum atomic E-state index is -0.160. The van der Waals surface area contributed by atoms with Gasteiger partial charge in [0.25, 0.3) is 0 Å². The van der Waals surface area contributed by atoms with Gasteiger partial charge in [0.15, 0.2) is 5.82 Å². The van der Waals surface area contributed by atoms with Crippen LogP contribution in [-0.4, -0.2) is 63.4 Å². The number of tetrazole rings is 1. The van der Waals surface area contributed by atoms with Crippen molar-refractivity contribution in [3.63, 3.8) is 0 Å². The zero-order chi connectivity index (χ0) is 21.8. The zero-order valence-electron chi connectivity index (χ0n) is 18.8. The first kappa shape index (κ1) is 21.2. The normalized spacial score (nSPS) is 16.3. The monoisotopic (exact) mass is 421 g/mol. The fraction of sp³-hybridized carbons (Fsp3) is 0.478. The minimum Gasteiger partial charge on any atom is -0.497 e. The topological polar surface area (TPSA) is 72.2 Å². The lowest BCUT2D eigenvalue weighted by Gasteiger charge is -2.40. The molecular weight excluding hydrogens is 390 g/mol. The molecule has 0 unspecified atom stereocenters. The van der Waals surface area contributed by atoms with Gasteiger partial charge in [-0.3, -0.25) is 9.88 Å². The predicted octanol–water partition coefficient (Wildman–Crippen LogP) is 3.13. The molecule has 1 fully saturated rings.